The molecule has 0 aromatic carbocycles. The van der Waals surface area contributed by atoms with E-state index in [0.29, 0.717) is 0 Å². The lowest BCUT2D eigenvalue weighted by Crippen LogP contribution is -2.06. The minimum Gasteiger partial charge on any atom is -0.366 e. The van der Waals surface area contributed by atoms with E-state index in [0.717, 1.165) is 0 Å². The first-order chi connectivity index (χ1) is 4.97. The molecular formula is C7H10N2S. The highest BCUT2D eigenvalue weighted by Crippen LogP contribution is 2.27. The number of hydrogen-bond donors (Lipinski definition) is 1. The van der Waals surface area contributed by atoms with Gasteiger partial charge in [-0.25, -0.2) is 0 Å². The molecule has 10 heavy (non-hydrogen) atoms. The molecule has 1 aliphatic rings. The van der Waals surface area contributed by atoms with E-state index in [2.05, 4.69) is 15.4 Å². The van der Waals surface area contributed by atoms with E-state index in [9.17, 15) is 0 Å². The zero-order chi connectivity index (χ0) is 6.81. The Morgan fingerprint density at radius 1 is 1.60 bits per heavy atom. The second-order valence-corrected chi connectivity index (χ2v) is 3.47. The molecule has 2 rings (SSSR count). The molecule has 0 amide bonds. The maximum atomic E-state index is 3.05. The van der Waals surface area contributed by atoms with Crippen LogP contribution in [0.15, 0.2) is 18.5 Å². The highest BCUT2D eigenvalue weighted by atomic mass is 32.2. The number of nitrogens with zero attached hydrogens (tertiary/aromatic N) is 1. The van der Waals surface area contributed by atoms with Crippen molar-refractivity contribution in [1.82, 2.24) is 4.98 Å². The Morgan fingerprint density at radius 2 is 2.60 bits per heavy atom. The van der Waals surface area contributed by atoms with E-state index in [1.54, 1.807) is 0 Å². The lowest BCUT2D eigenvalue weighted by Gasteiger charge is -2.12. The summed E-state index contributed by atoms with van der Waals surface area (Å²) in [5.41, 5.74) is 1.31. The van der Waals surface area contributed by atoms with Crippen molar-refractivity contribution < 1.29 is 0 Å². The summed E-state index contributed by atoms with van der Waals surface area (Å²) in [5, 5.41) is 0. The Kier molecular flexibility index (Phi) is 1.59. The summed E-state index contributed by atoms with van der Waals surface area (Å²) >= 11 is 1.91. The summed E-state index contributed by atoms with van der Waals surface area (Å²) in [6.45, 7) is 1.20. The van der Waals surface area contributed by atoms with Crippen molar-refractivity contribution in [2.45, 2.75) is 6.42 Å². The number of aromatic amines is 1. The van der Waals surface area contributed by atoms with Gasteiger partial charge in [0.25, 0.3) is 0 Å². The lowest BCUT2D eigenvalue weighted by molar-refractivity contribution is 0.990. The third-order valence-corrected chi connectivity index (χ3v) is 2.80. The van der Waals surface area contributed by atoms with Gasteiger partial charge in [0, 0.05) is 24.7 Å². The fourth-order valence-electron chi connectivity index (χ4n) is 1.12. The van der Waals surface area contributed by atoms with Crippen molar-refractivity contribution in [2.75, 3.05) is 16.6 Å². The molecule has 0 spiro atoms. The van der Waals surface area contributed by atoms with Gasteiger partial charge in [-0.2, -0.15) is 0 Å². The molecule has 2 nitrogen and oxygen atoms in total. The van der Waals surface area contributed by atoms with E-state index < -0.39 is 0 Å². The fourth-order valence-corrected chi connectivity index (χ4v) is 2.12. The predicted octanol–water partition coefficient (Wildman–Crippen LogP) is 1.87. The van der Waals surface area contributed by atoms with Crippen LogP contribution in [0.2, 0.25) is 0 Å². The zero-order valence-corrected chi connectivity index (χ0v) is 6.53. The zero-order valence-electron chi connectivity index (χ0n) is 5.71. The van der Waals surface area contributed by atoms with Crippen LogP contribution in [0.3, 0.4) is 0 Å². The second-order valence-electron chi connectivity index (χ2n) is 2.36. The summed E-state index contributed by atoms with van der Waals surface area (Å²) in [6.07, 6.45) is 5.32. The van der Waals surface area contributed by atoms with Crippen molar-refractivity contribution >= 4 is 17.6 Å². The van der Waals surface area contributed by atoms with Crippen molar-refractivity contribution in [3.05, 3.63) is 18.5 Å². The molecule has 0 radical (unpaired) electrons. The maximum Gasteiger partial charge on any atom is 0.0644 e. The van der Waals surface area contributed by atoms with Crippen LogP contribution in [0.4, 0.5) is 5.69 Å². The van der Waals surface area contributed by atoms with Gasteiger partial charge < -0.3 is 9.29 Å². The monoisotopic (exact) mass is 154 g/mol. The molecule has 2 heterocycles. The van der Waals surface area contributed by atoms with Crippen LogP contribution in [-0.2, 0) is 0 Å². The van der Waals surface area contributed by atoms with Gasteiger partial charge in [0.1, 0.15) is 0 Å². The Labute approximate surface area is 64.7 Å². The third kappa shape index (κ3) is 1.01. The Hall–Kier alpha value is -0.570. The first-order valence-electron chi connectivity index (χ1n) is 3.50. The first kappa shape index (κ1) is 6.16. The van der Waals surface area contributed by atoms with Gasteiger partial charge in [-0.05, 0) is 24.4 Å². The quantitative estimate of drug-likeness (QED) is 0.623. The van der Waals surface area contributed by atoms with Crippen LogP contribution >= 0.6 is 11.9 Å². The van der Waals surface area contributed by atoms with Crippen molar-refractivity contribution in [3.63, 3.8) is 0 Å². The third-order valence-electron chi connectivity index (χ3n) is 1.62. The Morgan fingerprint density at radius 3 is 3.20 bits per heavy atom. The number of aromatic nitrogens is 1. The molecular weight excluding hydrogens is 144 g/mol. The molecule has 1 aliphatic heterocycles. The number of rotatable bonds is 1. The molecule has 0 saturated carbocycles. The van der Waals surface area contributed by atoms with Crippen LogP contribution in [0.25, 0.3) is 0 Å². The van der Waals surface area contributed by atoms with Gasteiger partial charge in [0.05, 0.1) is 5.69 Å². The number of nitrogens with one attached hydrogen (secondary N) is 1. The van der Waals surface area contributed by atoms with Crippen molar-refractivity contribution in [2.24, 2.45) is 0 Å². The van der Waals surface area contributed by atoms with Crippen LogP contribution in [0.1, 0.15) is 6.42 Å². The van der Waals surface area contributed by atoms with Crippen LogP contribution in [0, 0.1) is 0 Å². The second kappa shape index (κ2) is 2.58. The average molecular weight is 154 g/mol. The van der Waals surface area contributed by atoms with Crippen LogP contribution in [-0.4, -0.2) is 17.3 Å². The van der Waals surface area contributed by atoms with Gasteiger partial charge in [-0.3, -0.25) is 0 Å². The van der Waals surface area contributed by atoms with E-state index in [4.69, 9.17) is 0 Å². The van der Waals surface area contributed by atoms with Crippen molar-refractivity contribution in [3.8, 4) is 0 Å². The molecule has 1 saturated heterocycles. The minimum atomic E-state index is 1.20. The number of H-pyrrole nitrogens is 1. The summed E-state index contributed by atoms with van der Waals surface area (Å²) < 4.78 is 2.33. The number of anilines is 1. The van der Waals surface area contributed by atoms with E-state index >= 15 is 0 Å². The van der Waals surface area contributed by atoms with E-state index in [-0.39, 0.29) is 0 Å². The molecule has 54 valence electrons. The SMILES string of the molecule is c1cc(N2CCCS2)c[nH]1. The molecule has 0 atom stereocenters. The highest BCUT2D eigenvalue weighted by molar-refractivity contribution is 8.00. The van der Waals surface area contributed by atoms with Crippen molar-refractivity contribution in [1.29, 1.82) is 0 Å². The Balaban J connectivity index is 2.12. The summed E-state index contributed by atoms with van der Waals surface area (Å²) in [6, 6.07) is 2.11. The smallest absolute Gasteiger partial charge is 0.0644 e. The Bertz CT molecular complexity index is 189. The summed E-state index contributed by atoms with van der Waals surface area (Å²) in [4.78, 5) is 3.05. The predicted molar refractivity (Wildman–Crippen MR) is 45.2 cm³/mol. The van der Waals surface area contributed by atoms with Gasteiger partial charge in [0.15, 0.2) is 0 Å². The molecule has 0 aliphatic carbocycles. The number of hydrogen-bond acceptors (Lipinski definition) is 2. The largest absolute Gasteiger partial charge is 0.366 e. The van der Waals surface area contributed by atoms with Gasteiger partial charge in [-0.1, -0.05) is 0 Å². The first-order valence-corrected chi connectivity index (χ1v) is 4.44. The molecule has 1 aromatic heterocycles. The average Bonchev–Trinajstić information content (AvgIpc) is 2.59. The molecule has 0 unspecified atom stereocenters. The van der Waals surface area contributed by atoms with E-state index in [1.165, 1.54) is 24.4 Å². The van der Waals surface area contributed by atoms with Crippen LogP contribution < -0.4 is 4.31 Å². The summed E-state index contributed by atoms with van der Waals surface area (Å²) in [5.74, 6) is 1.27. The standard InChI is InChI=1S/C7H10N2S/c1-4-9(10-5-1)7-2-3-8-6-7/h2-3,6,8H,1,4-5H2. The molecule has 1 fully saturated rings. The molecule has 1 aromatic rings. The lowest BCUT2D eigenvalue weighted by atomic mass is 10.4. The van der Waals surface area contributed by atoms with Gasteiger partial charge >= 0.3 is 0 Å². The molecule has 0 bridgehead atoms. The maximum absolute atomic E-state index is 3.05. The molecule has 3 heteroatoms. The highest BCUT2D eigenvalue weighted by Gasteiger charge is 2.12. The van der Waals surface area contributed by atoms with Gasteiger partial charge in [-0.15, -0.1) is 0 Å². The van der Waals surface area contributed by atoms with E-state index in [1.807, 2.05) is 24.3 Å². The van der Waals surface area contributed by atoms with Crippen LogP contribution in [0.5, 0.6) is 0 Å². The topological polar surface area (TPSA) is 19.0 Å². The minimum absolute atomic E-state index is 1.20. The van der Waals surface area contributed by atoms with Gasteiger partial charge in [0.2, 0.25) is 0 Å². The summed E-state index contributed by atoms with van der Waals surface area (Å²) in [7, 11) is 0. The fraction of sp³-hybridized carbons (Fsp3) is 0.429. The molecule has 1 N–H and O–H groups in total. The normalized spacial score (nSPS) is 18.2.